The van der Waals surface area contributed by atoms with E-state index in [-0.39, 0.29) is 24.8 Å². The number of anilines is 1. The molecule has 3 amide bonds. The highest BCUT2D eigenvalue weighted by molar-refractivity contribution is 6.05. The minimum Gasteiger partial charge on any atom is -0.383 e. The maximum Gasteiger partial charge on any atom is 0.256 e. The lowest BCUT2D eigenvalue weighted by atomic mass is 9.86. The van der Waals surface area contributed by atoms with Crippen molar-refractivity contribution in [2.75, 3.05) is 37.6 Å². The lowest BCUT2D eigenvalue weighted by molar-refractivity contribution is -0.136. The number of nitrogens with zero attached hydrogens (tertiary/aromatic N) is 4. The van der Waals surface area contributed by atoms with Crippen LogP contribution in [0.25, 0.3) is 0 Å². The van der Waals surface area contributed by atoms with Gasteiger partial charge < -0.3 is 19.8 Å². The lowest BCUT2D eigenvalue weighted by Crippen LogP contribution is -2.53. The molecule has 3 fully saturated rings. The van der Waals surface area contributed by atoms with Crippen LogP contribution in [-0.4, -0.2) is 76.4 Å². The van der Waals surface area contributed by atoms with Crippen LogP contribution in [0.4, 0.5) is 5.69 Å². The van der Waals surface area contributed by atoms with Gasteiger partial charge in [-0.15, -0.1) is 0 Å². The highest BCUT2D eigenvalue weighted by Crippen LogP contribution is 2.35. The number of piperidine rings is 2. The fourth-order valence-corrected chi connectivity index (χ4v) is 5.96. The van der Waals surface area contributed by atoms with Crippen LogP contribution in [0.3, 0.4) is 0 Å². The third-order valence-electron chi connectivity index (χ3n) is 8.13. The first-order chi connectivity index (χ1) is 17.4. The molecule has 6 rings (SSSR count). The SMILES string of the molecule is O=C1CCC(N2Cc3nc(C4(O)CCN(CC5CN(c6ccccc6)C5)CC4)ccc3C2=O)C(=O)N1. The van der Waals surface area contributed by atoms with Gasteiger partial charge in [-0.05, 0) is 43.5 Å². The number of likely N-dealkylation sites (tertiary alicyclic amines) is 1. The lowest BCUT2D eigenvalue weighted by Gasteiger charge is -2.45. The zero-order chi connectivity index (χ0) is 24.9. The van der Waals surface area contributed by atoms with Crippen molar-refractivity contribution in [3.05, 3.63) is 59.4 Å². The standard InChI is InChI=1S/C27H31N5O4/c33-24-9-7-22(25(34)29-24)32-17-21-20(26(32)35)6-8-23(28-21)27(36)10-12-30(13-11-27)14-18-15-31(16-18)19-4-2-1-3-5-19/h1-6,8,18,22,36H,7,9-17H2,(H,29,33,34). The van der Waals surface area contributed by atoms with Crippen molar-refractivity contribution in [1.29, 1.82) is 0 Å². The number of benzene rings is 1. The summed E-state index contributed by atoms with van der Waals surface area (Å²) < 4.78 is 0. The first kappa shape index (κ1) is 23.1. The number of carbonyl (C=O) groups is 3. The van der Waals surface area contributed by atoms with E-state index in [2.05, 4.69) is 39.4 Å². The topological polar surface area (TPSA) is 106 Å². The molecule has 1 aromatic carbocycles. The van der Waals surface area contributed by atoms with Gasteiger partial charge in [0.1, 0.15) is 11.6 Å². The van der Waals surface area contributed by atoms with Gasteiger partial charge in [-0.3, -0.25) is 24.7 Å². The van der Waals surface area contributed by atoms with E-state index in [1.165, 1.54) is 10.6 Å². The number of fused-ring (bicyclic) bond motifs is 1. The Hall–Kier alpha value is -3.30. The van der Waals surface area contributed by atoms with E-state index in [0.717, 1.165) is 32.7 Å². The molecular weight excluding hydrogens is 458 g/mol. The predicted molar refractivity (Wildman–Crippen MR) is 132 cm³/mol. The highest BCUT2D eigenvalue weighted by Gasteiger charge is 2.42. The van der Waals surface area contributed by atoms with Crippen LogP contribution >= 0.6 is 0 Å². The number of hydrogen-bond donors (Lipinski definition) is 2. The quantitative estimate of drug-likeness (QED) is 0.609. The Morgan fingerprint density at radius 2 is 1.78 bits per heavy atom. The smallest absolute Gasteiger partial charge is 0.256 e. The number of aliphatic hydroxyl groups is 1. The van der Waals surface area contributed by atoms with Crippen LogP contribution in [-0.2, 0) is 21.7 Å². The third kappa shape index (κ3) is 4.16. The van der Waals surface area contributed by atoms with E-state index < -0.39 is 17.6 Å². The average Bonchev–Trinajstić information content (AvgIpc) is 3.18. The highest BCUT2D eigenvalue weighted by atomic mass is 16.3. The summed E-state index contributed by atoms with van der Waals surface area (Å²) in [5.74, 6) is -0.346. The van der Waals surface area contributed by atoms with Crippen molar-refractivity contribution in [1.82, 2.24) is 20.1 Å². The van der Waals surface area contributed by atoms with E-state index in [1.54, 1.807) is 12.1 Å². The van der Waals surface area contributed by atoms with Gasteiger partial charge in [-0.1, -0.05) is 18.2 Å². The first-order valence-electron chi connectivity index (χ1n) is 12.8. The van der Waals surface area contributed by atoms with Gasteiger partial charge >= 0.3 is 0 Å². The van der Waals surface area contributed by atoms with Crippen molar-refractivity contribution in [3.63, 3.8) is 0 Å². The minimum absolute atomic E-state index is 0.218. The molecule has 3 saturated heterocycles. The van der Waals surface area contributed by atoms with Gasteiger partial charge in [0.05, 0.1) is 23.5 Å². The fourth-order valence-electron chi connectivity index (χ4n) is 5.96. The average molecular weight is 490 g/mol. The number of pyridine rings is 1. The molecule has 5 heterocycles. The van der Waals surface area contributed by atoms with E-state index in [1.807, 2.05) is 6.07 Å². The molecule has 2 N–H and O–H groups in total. The van der Waals surface area contributed by atoms with Crippen LogP contribution in [0, 0.1) is 5.92 Å². The van der Waals surface area contributed by atoms with E-state index in [9.17, 15) is 19.5 Å². The van der Waals surface area contributed by atoms with Gasteiger partial charge in [0.25, 0.3) is 5.91 Å². The third-order valence-corrected chi connectivity index (χ3v) is 8.13. The van der Waals surface area contributed by atoms with Gasteiger partial charge in [0.2, 0.25) is 11.8 Å². The van der Waals surface area contributed by atoms with E-state index in [0.29, 0.717) is 42.1 Å². The summed E-state index contributed by atoms with van der Waals surface area (Å²) in [4.78, 5) is 47.7. The Morgan fingerprint density at radius 3 is 2.50 bits per heavy atom. The molecule has 188 valence electrons. The monoisotopic (exact) mass is 489 g/mol. The zero-order valence-corrected chi connectivity index (χ0v) is 20.2. The molecule has 0 spiro atoms. The van der Waals surface area contributed by atoms with Crippen LogP contribution < -0.4 is 10.2 Å². The Morgan fingerprint density at radius 1 is 1.03 bits per heavy atom. The summed E-state index contributed by atoms with van der Waals surface area (Å²) in [6.07, 6.45) is 1.73. The minimum atomic E-state index is -1.02. The van der Waals surface area contributed by atoms with E-state index in [4.69, 9.17) is 4.98 Å². The zero-order valence-electron chi connectivity index (χ0n) is 20.2. The molecule has 4 aliphatic rings. The van der Waals surface area contributed by atoms with Crippen LogP contribution in [0.15, 0.2) is 42.5 Å². The van der Waals surface area contributed by atoms with Crippen molar-refractivity contribution in [2.24, 2.45) is 5.92 Å². The summed E-state index contributed by atoms with van der Waals surface area (Å²) >= 11 is 0. The Kier molecular flexibility index (Phi) is 5.76. The molecule has 9 heteroatoms. The second-order valence-electron chi connectivity index (χ2n) is 10.5. The van der Waals surface area contributed by atoms with Crippen molar-refractivity contribution >= 4 is 23.4 Å². The van der Waals surface area contributed by atoms with Gasteiger partial charge in [-0.25, -0.2) is 0 Å². The van der Waals surface area contributed by atoms with Gasteiger partial charge in [0.15, 0.2) is 0 Å². The Balaban J connectivity index is 1.06. The summed E-state index contributed by atoms with van der Waals surface area (Å²) in [7, 11) is 0. The van der Waals surface area contributed by atoms with Crippen LogP contribution in [0.2, 0.25) is 0 Å². The second-order valence-corrected chi connectivity index (χ2v) is 10.5. The summed E-state index contributed by atoms with van der Waals surface area (Å²) in [5.41, 5.74) is 1.91. The largest absolute Gasteiger partial charge is 0.383 e. The van der Waals surface area contributed by atoms with E-state index >= 15 is 0 Å². The Bertz CT molecular complexity index is 1190. The number of hydrogen-bond acceptors (Lipinski definition) is 7. The molecule has 0 bridgehead atoms. The summed E-state index contributed by atoms with van der Waals surface area (Å²) in [6, 6.07) is 13.3. The van der Waals surface area contributed by atoms with Gasteiger partial charge in [-0.2, -0.15) is 0 Å². The molecule has 1 aromatic heterocycles. The molecule has 4 aliphatic heterocycles. The number of rotatable bonds is 5. The molecule has 0 aliphatic carbocycles. The number of aromatic nitrogens is 1. The molecule has 9 nitrogen and oxygen atoms in total. The molecule has 1 atom stereocenters. The molecule has 0 saturated carbocycles. The maximum atomic E-state index is 12.9. The summed E-state index contributed by atoms with van der Waals surface area (Å²) in [6.45, 7) is 4.99. The molecule has 2 aromatic rings. The molecule has 36 heavy (non-hydrogen) atoms. The van der Waals surface area contributed by atoms with Crippen molar-refractivity contribution < 1.29 is 19.5 Å². The van der Waals surface area contributed by atoms with Crippen LogP contribution in [0.5, 0.6) is 0 Å². The Labute approximate surface area is 210 Å². The predicted octanol–water partition coefficient (Wildman–Crippen LogP) is 1.26. The fraction of sp³-hybridized carbons (Fsp3) is 0.481. The first-order valence-corrected chi connectivity index (χ1v) is 12.8. The number of nitrogens with one attached hydrogen (secondary N) is 1. The number of para-hydroxylation sites is 1. The van der Waals surface area contributed by atoms with Crippen molar-refractivity contribution in [3.8, 4) is 0 Å². The van der Waals surface area contributed by atoms with Crippen molar-refractivity contribution in [2.45, 2.75) is 43.9 Å². The molecular formula is C27H31N5O4. The second kappa shape index (κ2) is 8.97. The number of amides is 3. The number of carbonyl (C=O) groups excluding carboxylic acids is 3. The normalized spacial score (nSPS) is 24.5. The maximum absolute atomic E-state index is 12.9. The summed E-state index contributed by atoms with van der Waals surface area (Å²) in [5, 5.41) is 13.8. The van der Waals surface area contributed by atoms with Crippen LogP contribution in [0.1, 0.15) is 47.4 Å². The number of imide groups is 1. The molecule has 1 unspecified atom stereocenters. The van der Waals surface area contributed by atoms with Gasteiger partial charge in [0, 0.05) is 50.7 Å². The molecule has 0 radical (unpaired) electrons.